The number of hydrogen-bond donors (Lipinski definition) is 1. The maximum Gasteiger partial charge on any atom is 0.0493 e. The third-order valence-corrected chi connectivity index (χ3v) is 2.52. The van der Waals surface area contributed by atoms with Crippen LogP contribution in [-0.4, -0.2) is 14.8 Å². The molecule has 0 fully saturated rings. The number of nitrogens with zero attached hydrogens (tertiary/aromatic N) is 2. The molecule has 1 N–H and O–H groups in total. The van der Waals surface area contributed by atoms with Crippen LogP contribution in [0.4, 0.5) is 0 Å². The van der Waals surface area contributed by atoms with Gasteiger partial charge in [0.1, 0.15) is 0 Å². The fourth-order valence-corrected chi connectivity index (χ4v) is 1.70. The van der Waals surface area contributed by atoms with Crippen LogP contribution in [0.2, 0.25) is 0 Å². The molecule has 0 aliphatic heterocycles. The van der Waals surface area contributed by atoms with E-state index in [2.05, 4.69) is 34.3 Å². The molecular formula is C13H11N3. The molecule has 0 saturated carbocycles. The van der Waals surface area contributed by atoms with Gasteiger partial charge in [-0.15, -0.1) is 0 Å². The van der Waals surface area contributed by atoms with Gasteiger partial charge >= 0.3 is 0 Å². The number of H-pyrrole nitrogens is 1. The summed E-state index contributed by atoms with van der Waals surface area (Å²) in [7, 11) is 0. The largest absolute Gasteiger partial charge is 0.361 e. The Hall–Kier alpha value is -2.29. The van der Waals surface area contributed by atoms with Crippen molar-refractivity contribution in [2.24, 2.45) is 0 Å². The van der Waals surface area contributed by atoms with Crippen LogP contribution in [0.1, 0.15) is 5.56 Å². The fraction of sp³-hybridized carbons (Fsp3) is 0. The highest BCUT2D eigenvalue weighted by Crippen LogP contribution is 2.15. The number of rotatable bonds is 2. The van der Waals surface area contributed by atoms with Gasteiger partial charge in [0, 0.05) is 30.3 Å². The number of nitrogens with one attached hydrogen (secondary N) is 1. The van der Waals surface area contributed by atoms with E-state index in [0.29, 0.717) is 0 Å². The molecule has 0 radical (unpaired) electrons. The number of hydrogen-bond acceptors (Lipinski definition) is 1. The average Bonchev–Trinajstić information content (AvgIpc) is 2.97. The highest BCUT2D eigenvalue weighted by molar-refractivity contribution is 5.82. The molecule has 3 rings (SSSR count). The maximum atomic E-state index is 4.11. The molecule has 3 nitrogen and oxygen atoms in total. The second-order valence-electron chi connectivity index (χ2n) is 3.63. The molecule has 0 spiro atoms. The van der Waals surface area contributed by atoms with Crippen molar-refractivity contribution in [1.82, 2.24) is 14.8 Å². The molecule has 3 heteroatoms. The van der Waals surface area contributed by atoms with E-state index in [1.54, 1.807) is 10.9 Å². The summed E-state index contributed by atoms with van der Waals surface area (Å²) in [6, 6.07) is 10.3. The average molecular weight is 209 g/mol. The second kappa shape index (κ2) is 3.70. The second-order valence-corrected chi connectivity index (χ2v) is 3.63. The number of aromatic nitrogens is 3. The topological polar surface area (TPSA) is 33.6 Å². The van der Waals surface area contributed by atoms with Crippen LogP contribution in [0.3, 0.4) is 0 Å². The minimum atomic E-state index is 1.16. The van der Waals surface area contributed by atoms with E-state index >= 15 is 0 Å². The van der Waals surface area contributed by atoms with Crippen molar-refractivity contribution >= 4 is 23.2 Å². The standard InChI is InChI=1S/C13H11N3/c1-6-15-16(8-1)9-5-11-2-3-12-4-7-14-13(12)10-11/h1-10,14H/b9-5+. The smallest absolute Gasteiger partial charge is 0.0493 e. The van der Waals surface area contributed by atoms with Crippen LogP contribution in [0.25, 0.3) is 23.2 Å². The predicted octanol–water partition coefficient (Wildman–Crippen LogP) is 2.99. The Bertz CT molecular complexity index is 617. The zero-order valence-corrected chi connectivity index (χ0v) is 8.67. The van der Waals surface area contributed by atoms with Gasteiger partial charge in [0.05, 0.1) is 0 Å². The highest BCUT2D eigenvalue weighted by atomic mass is 15.2. The summed E-state index contributed by atoms with van der Waals surface area (Å²) in [5.74, 6) is 0. The van der Waals surface area contributed by atoms with Crippen LogP contribution in [0, 0.1) is 0 Å². The maximum absolute atomic E-state index is 4.11. The van der Waals surface area contributed by atoms with Crippen LogP contribution in [-0.2, 0) is 0 Å². The quantitative estimate of drug-likeness (QED) is 0.691. The summed E-state index contributed by atoms with van der Waals surface area (Å²) in [6.45, 7) is 0. The Morgan fingerprint density at radius 2 is 2.25 bits per heavy atom. The van der Waals surface area contributed by atoms with Gasteiger partial charge < -0.3 is 4.98 Å². The zero-order chi connectivity index (χ0) is 10.8. The van der Waals surface area contributed by atoms with Gasteiger partial charge in [-0.2, -0.15) is 5.10 Å². The molecule has 2 aromatic heterocycles. The van der Waals surface area contributed by atoms with E-state index in [9.17, 15) is 0 Å². The lowest BCUT2D eigenvalue weighted by Crippen LogP contribution is -1.84. The lowest BCUT2D eigenvalue weighted by Gasteiger charge is -1.95. The Labute approximate surface area is 93.0 Å². The minimum Gasteiger partial charge on any atom is -0.361 e. The first kappa shape index (κ1) is 8.97. The van der Waals surface area contributed by atoms with E-state index in [1.807, 2.05) is 30.7 Å². The molecule has 0 unspecified atom stereocenters. The first-order chi connectivity index (χ1) is 7.92. The SMILES string of the molecule is C(=C\n1cccn1)/c1ccc2cc[nH]c2c1. The van der Waals surface area contributed by atoms with Crippen molar-refractivity contribution in [3.63, 3.8) is 0 Å². The molecule has 0 aliphatic carbocycles. The normalized spacial score (nSPS) is 11.5. The molecule has 2 heterocycles. The summed E-state index contributed by atoms with van der Waals surface area (Å²) in [5.41, 5.74) is 2.31. The van der Waals surface area contributed by atoms with Gasteiger partial charge in [0.15, 0.2) is 0 Å². The summed E-state index contributed by atoms with van der Waals surface area (Å²) < 4.78 is 1.78. The molecule has 16 heavy (non-hydrogen) atoms. The van der Waals surface area contributed by atoms with Crippen molar-refractivity contribution in [3.05, 3.63) is 54.5 Å². The predicted molar refractivity (Wildman–Crippen MR) is 65.7 cm³/mol. The molecular weight excluding hydrogens is 198 g/mol. The van der Waals surface area contributed by atoms with Gasteiger partial charge in [0.25, 0.3) is 0 Å². The first-order valence-electron chi connectivity index (χ1n) is 5.16. The summed E-state index contributed by atoms with van der Waals surface area (Å²) in [6.07, 6.45) is 9.59. The van der Waals surface area contributed by atoms with Crippen molar-refractivity contribution in [2.45, 2.75) is 0 Å². The molecule has 0 bridgehead atoms. The van der Waals surface area contributed by atoms with Gasteiger partial charge in [-0.05, 0) is 35.2 Å². The van der Waals surface area contributed by atoms with E-state index in [1.165, 1.54) is 5.39 Å². The zero-order valence-electron chi connectivity index (χ0n) is 8.67. The van der Waals surface area contributed by atoms with E-state index in [-0.39, 0.29) is 0 Å². The lowest BCUT2D eigenvalue weighted by atomic mass is 10.1. The molecule has 3 aromatic rings. The third kappa shape index (κ3) is 1.63. The Kier molecular flexibility index (Phi) is 2.07. The van der Waals surface area contributed by atoms with Crippen LogP contribution in [0.15, 0.2) is 48.9 Å². The van der Waals surface area contributed by atoms with Gasteiger partial charge in [0.2, 0.25) is 0 Å². The van der Waals surface area contributed by atoms with E-state index in [4.69, 9.17) is 0 Å². The third-order valence-electron chi connectivity index (χ3n) is 2.52. The van der Waals surface area contributed by atoms with Crippen molar-refractivity contribution in [3.8, 4) is 0 Å². The highest BCUT2D eigenvalue weighted by Gasteiger charge is 1.94. The molecule has 0 aliphatic rings. The van der Waals surface area contributed by atoms with Crippen molar-refractivity contribution in [2.75, 3.05) is 0 Å². The number of aromatic amines is 1. The van der Waals surface area contributed by atoms with Crippen molar-refractivity contribution < 1.29 is 0 Å². The van der Waals surface area contributed by atoms with Gasteiger partial charge in [-0.3, -0.25) is 0 Å². The summed E-state index contributed by atoms with van der Waals surface area (Å²) in [5, 5.41) is 5.34. The first-order valence-corrected chi connectivity index (χ1v) is 5.16. The number of benzene rings is 1. The molecule has 78 valence electrons. The van der Waals surface area contributed by atoms with Crippen LogP contribution < -0.4 is 0 Å². The Morgan fingerprint density at radius 1 is 1.25 bits per heavy atom. The minimum absolute atomic E-state index is 1.16. The molecule has 0 atom stereocenters. The van der Waals surface area contributed by atoms with Gasteiger partial charge in [-0.1, -0.05) is 12.1 Å². The summed E-state index contributed by atoms with van der Waals surface area (Å²) >= 11 is 0. The summed E-state index contributed by atoms with van der Waals surface area (Å²) in [4.78, 5) is 3.20. The van der Waals surface area contributed by atoms with E-state index in [0.717, 1.165) is 11.1 Å². The van der Waals surface area contributed by atoms with Gasteiger partial charge in [-0.25, -0.2) is 4.68 Å². The van der Waals surface area contributed by atoms with Crippen LogP contribution in [0.5, 0.6) is 0 Å². The molecule has 1 aromatic carbocycles. The van der Waals surface area contributed by atoms with Crippen LogP contribution >= 0.6 is 0 Å². The lowest BCUT2D eigenvalue weighted by molar-refractivity contribution is 0.938. The molecule has 0 saturated heterocycles. The number of fused-ring (bicyclic) bond motifs is 1. The monoisotopic (exact) mass is 209 g/mol. The van der Waals surface area contributed by atoms with E-state index < -0.39 is 0 Å². The molecule has 0 amide bonds. The fourth-order valence-electron chi connectivity index (χ4n) is 1.70. The Morgan fingerprint density at radius 3 is 3.12 bits per heavy atom. The van der Waals surface area contributed by atoms with Crippen molar-refractivity contribution in [1.29, 1.82) is 0 Å². The Balaban J connectivity index is 1.94.